The summed E-state index contributed by atoms with van der Waals surface area (Å²) in [5.41, 5.74) is 2.15. The van der Waals surface area contributed by atoms with Gasteiger partial charge in [-0.15, -0.1) is 0 Å². The fraction of sp³-hybridized carbons (Fsp3) is 0.667. The van der Waals surface area contributed by atoms with Gasteiger partial charge in [0.1, 0.15) is 0 Å². The lowest BCUT2D eigenvalue weighted by molar-refractivity contribution is -0.121. The van der Waals surface area contributed by atoms with Gasteiger partial charge in [0.15, 0.2) is 0 Å². The number of nitrogens with one attached hydrogen (secondary N) is 1. The molecule has 4 nitrogen and oxygen atoms in total. The maximum Gasteiger partial charge on any atom is 0.220 e. The summed E-state index contributed by atoms with van der Waals surface area (Å²) in [6.45, 7) is 9.47. The molecule has 0 atom stereocenters. The van der Waals surface area contributed by atoms with Crippen molar-refractivity contribution in [3.63, 3.8) is 0 Å². The van der Waals surface area contributed by atoms with Crippen molar-refractivity contribution in [3.8, 4) is 0 Å². The van der Waals surface area contributed by atoms with E-state index in [1.54, 1.807) is 0 Å². The average molecular weight is 223 g/mol. The Balaban J connectivity index is 2.30. The predicted molar refractivity (Wildman–Crippen MR) is 64.2 cm³/mol. The summed E-state index contributed by atoms with van der Waals surface area (Å²) >= 11 is 0. The molecule has 0 saturated heterocycles. The van der Waals surface area contributed by atoms with Crippen LogP contribution in [0.1, 0.15) is 31.7 Å². The van der Waals surface area contributed by atoms with Crippen LogP contribution >= 0.6 is 0 Å². The average Bonchev–Trinajstić information content (AvgIpc) is 2.44. The van der Waals surface area contributed by atoms with Gasteiger partial charge in [-0.1, -0.05) is 13.8 Å². The van der Waals surface area contributed by atoms with Crippen LogP contribution in [0.3, 0.4) is 0 Å². The summed E-state index contributed by atoms with van der Waals surface area (Å²) in [4.78, 5) is 11.4. The van der Waals surface area contributed by atoms with Crippen LogP contribution in [0.25, 0.3) is 0 Å². The van der Waals surface area contributed by atoms with Crippen molar-refractivity contribution in [2.45, 2.75) is 40.7 Å². The van der Waals surface area contributed by atoms with Gasteiger partial charge >= 0.3 is 0 Å². The van der Waals surface area contributed by atoms with Gasteiger partial charge in [-0.05, 0) is 25.8 Å². The standard InChI is InChI=1S/C12H21N3O/c1-9(2)7-12(16)13-5-6-15-11(4)8-10(3)14-15/h8-9H,5-7H2,1-4H3,(H,13,16). The van der Waals surface area contributed by atoms with Crippen molar-refractivity contribution in [3.05, 3.63) is 17.5 Å². The lowest BCUT2D eigenvalue weighted by Crippen LogP contribution is -2.28. The summed E-state index contributed by atoms with van der Waals surface area (Å²) in [5, 5.41) is 7.23. The first-order valence-corrected chi connectivity index (χ1v) is 5.76. The van der Waals surface area contributed by atoms with E-state index in [2.05, 4.69) is 10.4 Å². The van der Waals surface area contributed by atoms with Gasteiger partial charge in [-0.2, -0.15) is 5.10 Å². The largest absolute Gasteiger partial charge is 0.354 e. The van der Waals surface area contributed by atoms with E-state index < -0.39 is 0 Å². The Morgan fingerprint density at radius 1 is 1.50 bits per heavy atom. The zero-order valence-corrected chi connectivity index (χ0v) is 10.6. The van der Waals surface area contributed by atoms with E-state index in [1.807, 2.05) is 38.4 Å². The zero-order valence-electron chi connectivity index (χ0n) is 10.6. The lowest BCUT2D eigenvalue weighted by atomic mass is 10.1. The van der Waals surface area contributed by atoms with Gasteiger partial charge in [0, 0.05) is 18.7 Å². The number of rotatable bonds is 5. The molecule has 1 amide bonds. The zero-order chi connectivity index (χ0) is 12.1. The highest BCUT2D eigenvalue weighted by Crippen LogP contribution is 2.01. The van der Waals surface area contributed by atoms with Crippen molar-refractivity contribution >= 4 is 5.91 Å². The number of hydrogen-bond acceptors (Lipinski definition) is 2. The van der Waals surface area contributed by atoms with E-state index in [9.17, 15) is 4.79 Å². The van der Waals surface area contributed by atoms with E-state index >= 15 is 0 Å². The lowest BCUT2D eigenvalue weighted by Gasteiger charge is -2.08. The van der Waals surface area contributed by atoms with Crippen molar-refractivity contribution in [2.24, 2.45) is 5.92 Å². The molecular formula is C12H21N3O. The summed E-state index contributed by atoms with van der Waals surface area (Å²) in [6.07, 6.45) is 0.594. The van der Waals surface area contributed by atoms with Gasteiger partial charge in [-0.3, -0.25) is 9.48 Å². The molecule has 0 radical (unpaired) electrons. The summed E-state index contributed by atoms with van der Waals surface area (Å²) in [7, 11) is 0. The molecule has 1 N–H and O–H groups in total. The summed E-state index contributed by atoms with van der Waals surface area (Å²) in [5.74, 6) is 0.533. The normalized spacial score (nSPS) is 10.8. The molecule has 0 spiro atoms. The molecule has 0 aliphatic rings. The topological polar surface area (TPSA) is 46.9 Å². The predicted octanol–water partition coefficient (Wildman–Crippen LogP) is 1.66. The van der Waals surface area contributed by atoms with Crippen molar-refractivity contribution in [1.29, 1.82) is 0 Å². The maximum absolute atomic E-state index is 11.4. The second-order valence-corrected chi connectivity index (χ2v) is 4.60. The SMILES string of the molecule is Cc1cc(C)n(CCNC(=O)CC(C)C)n1. The van der Waals surface area contributed by atoms with E-state index in [0.717, 1.165) is 17.9 Å². The Morgan fingerprint density at radius 2 is 2.19 bits per heavy atom. The first kappa shape index (κ1) is 12.7. The Hall–Kier alpha value is -1.32. The van der Waals surface area contributed by atoms with Gasteiger partial charge in [0.25, 0.3) is 0 Å². The van der Waals surface area contributed by atoms with Crippen LogP contribution < -0.4 is 5.32 Å². The van der Waals surface area contributed by atoms with E-state index in [1.165, 1.54) is 0 Å². The second-order valence-electron chi connectivity index (χ2n) is 4.60. The molecule has 0 saturated carbocycles. The maximum atomic E-state index is 11.4. The highest BCUT2D eigenvalue weighted by molar-refractivity contribution is 5.75. The highest BCUT2D eigenvalue weighted by Gasteiger charge is 2.04. The molecule has 90 valence electrons. The van der Waals surface area contributed by atoms with Crippen LogP contribution in [-0.4, -0.2) is 22.2 Å². The highest BCUT2D eigenvalue weighted by atomic mass is 16.1. The monoisotopic (exact) mass is 223 g/mol. The first-order valence-electron chi connectivity index (χ1n) is 5.76. The fourth-order valence-electron chi connectivity index (χ4n) is 1.65. The number of carbonyl (C=O) groups excluding carboxylic acids is 1. The van der Waals surface area contributed by atoms with E-state index in [0.29, 0.717) is 18.9 Å². The summed E-state index contributed by atoms with van der Waals surface area (Å²) in [6, 6.07) is 2.04. The molecule has 1 aromatic heterocycles. The molecule has 0 unspecified atom stereocenters. The Morgan fingerprint density at radius 3 is 2.69 bits per heavy atom. The number of hydrogen-bond donors (Lipinski definition) is 1. The van der Waals surface area contributed by atoms with Crippen molar-refractivity contribution < 1.29 is 4.79 Å². The Bertz CT molecular complexity index is 355. The minimum absolute atomic E-state index is 0.122. The number of aromatic nitrogens is 2. The quantitative estimate of drug-likeness (QED) is 0.825. The van der Waals surface area contributed by atoms with Crippen LogP contribution in [-0.2, 0) is 11.3 Å². The van der Waals surface area contributed by atoms with E-state index in [4.69, 9.17) is 0 Å². The van der Waals surface area contributed by atoms with Crippen molar-refractivity contribution in [2.75, 3.05) is 6.54 Å². The first-order chi connectivity index (χ1) is 7.49. The molecule has 0 aromatic carbocycles. The number of aryl methyl sites for hydroxylation is 2. The third-order valence-corrected chi connectivity index (χ3v) is 2.34. The molecular weight excluding hydrogens is 202 g/mol. The Kier molecular flexibility index (Phi) is 4.52. The second kappa shape index (κ2) is 5.68. The smallest absolute Gasteiger partial charge is 0.220 e. The van der Waals surface area contributed by atoms with E-state index in [-0.39, 0.29) is 5.91 Å². The molecule has 0 fully saturated rings. The Labute approximate surface area is 97.0 Å². The number of carbonyl (C=O) groups is 1. The van der Waals surface area contributed by atoms with Crippen LogP contribution in [0.5, 0.6) is 0 Å². The minimum atomic E-state index is 0.122. The minimum Gasteiger partial charge on any atom is -0.354 e. The van der Waals surface area contributed by atoms with Gasteiger partial charge in [0.05, 0.1) is 12.2 Å². The third-order valence-electron chi connectivity index (χ3n) is 2.34. The number of nitrogens with zero attached hydrogens (tertiary/aromatic N) is 2. The molecule has 16 heavy (non-hydrogen) atoms. The van der Waals surface area contributed by atoms with Gasteiger partial charge < -0.3 is 5.32 Å². The summed E-state index contributed by atoms with van der Waals surface area (Å²) < 4.78 is 1.92. The van der Waals surface area contributed by atoms with Crippen LogP contribution in [0.4, 0.5) is 0 Å². The van der Waals surface area contributed by atoms with Gasteiger partial charge in [-0.25, -0.2) is 0 Å². The van der Waals surface area contributed by atoms with Crippen LogP contribution in [0, 0.1) is 19.8 Å². The number of amides is 1. The fourth-order valence-corrected chi connectivity index (χ4v) is 1.65. The van der Waals surface area contributed by atoms with Gasteiger partial charge in [0.2, 0.25) is 5.91 Å². The molecule has 1 rings (SSSR count). The third kappa shape index (κ3) is 4.04. The molecule has 4 heteroatoms. The van der Waals surface area contributed by atoms with Crippen molar-refractivity contribution in [1.82, 2.24) is 15.1 Å². The van der Waals surface area contributed by atoms with Crippen LogP contribution in [0.2, 0.25) is 0 Å². The molecule has 1 heterocycles. The molecule has 1 aromatic rings. The van der Waals surface area contributed by atoms with Crippen LogP contribution in [0.15, 0.2) is 6.07 Å². The molecule has 0 bridgehead atoms. The molecule has 0 aliphatic carbocycles. The molecule has 0 aliphatic heterocycles.